The van der Waals surface area contributed by atoms with E-state index in [0.717, 1.165) is 24.8 Å². The summed E-state index contributed by atoms with van der Waals surface area (Å²) in [5.41, 5.74) is 0. The van der Waals surface area contributed by atoms with Crippen LogP contribution in [0.15, 0.2) is 12.2 Å². The van der Waals surface area contributed by atoms with E-state index in [1.54, 1.807) is 0 Å². The standard InChI is InChI=1S/C11H20N2O2S/c1-16(14,15)13-7-3-6-12-11-8-9-4-2-5-10(9)11/h2,5,9-13H,3-4,6-8H2,1H3. The molecule has 2 aliphatic carbocycles. The third-order valence-corrected chi connectivity index (χ3v) is 4.22. The molecule has 0 spiro atoms. The van der Waals surface area contributed by atoms with E-state index in [1.807, 2.05) is 0 Å². The topological polar surface area (TPSA) is 58.2 Å². The molecule has 4 nitrogen and oxygen atoms in total. The van der Waals surface area contributed by atoms with Crippen LogP contribution in [0, 0.1) is 11.8 Å². The molecular weight excluding hydrogens is 224 g/mol. The van der Waals surface area contributed by atoms with Crippen LogP contribution in [0.4, 0.5) is 0 Å². The Balaban J connectivity index is 1.54. The molecule has 2 N–H and O–H groups in total. The van der Waals surface area contributed by atoms with Crippen molar-refractivity contribution < 1.29 is 8.42 Å². The number of rotatable bonds is 6. The highest BCUT2D eigenvalue weighted by atomic mass is 32.2. The second-order valence-corrected chi connectivity index (χ2v) is 6.65. The molecular formula is C11H20N2O2S. The van der Waals surface area contributed by atoms with E-state index in [0.29, 0.717) is 12.6 Å². The van der Waals surface area contributed by atoms with Gasteiger partial charge in [0.2, 0.25) is 10.0 Å². The molecule has 16 heavy (non-hydrogen) atoms. The first kappa shape index (κ1) is 12.1. The number of allylic oxidation sites excluding steroid dienone is 1. The normalized spacial score (nSPS) is 32.4. The monoisotopic (exact) mass is 244 g/mol. The number of nitrogens with one attached hydrogen (secondary N) is 2. The SMILES string of the molecule is CS(=O)(=O)NCCCNC1CC2CC=CC21. The lowest BCUT2D eigenvalue weighted by Crippen LogP contribution is -2.48. The van der Waals surface area contributed by atoms with Crippen molar-refractivity contribution in [2.45, 2.75) is 25.3 Å². The minimum atomic E-state index is -3.02. The van der Waals surface area contributed by atoms with Gasteiger partial charge in [0.25, 0.3) is 0 Å². The Bertz CT molecular complexity index is 364. The average Bonchev–Trinajstić information content (AvgIpc) is 2.51. The second kappa shape index (κ2) is 4.85. The molecule has 0 aromatic rings. The quantitative estimate of drug-likeness (QED) is 0.528. The molecule has 0 aliphatic heterocycles. The minimum absolute atomic E-state index is 0.530. The highest BCUT2D eigenvalue weighted by Crippen LogP contribution is 2.42. The maximum absolute atomic E-state index is 10.8. The molecule has 0 bridgehead atoms. The Kier molecular flexibility index (Phi) is 3.66. The molecule has 0 heterocycles. The number of fused-ring (bicyclic) bond motifs is 1. The highest BCUT2D eigenvalue weighted by molar-refractivity contribution is 7.88. The first-order chi connectivity index (χ1) is 7.56. The summed E-state index contributed by atoms with van der Waals surface area (Å²) in [6, 6.07) is 0.627. The minimum Gasteiger partial charge on any atom is -0.313 e. The molecule has 5 heteroatoms. The third-order valence-electron chi connectivity index (χ3n) is 3.49. The first-order valence-electron chi connectivity index (χ1n) is 5.91. The summed E-state index contributed by atoms with van der Waals surface area (Å²) < 4.78 is 24.1. The van der Waals surface area contributed by atoms with Crippen LogP contribution >= 0.6 is 0 Å². The summed E-state index contributed by atoms with van der Waals surface area (Å²) in [6.07, 6.45) is 9.17. The van der Waals surface area contributed by atoms with E-state index in [4.69, 9.17) is 0 Å². The lowest BCUT2D eigenvalue weighted by atomic mass is 9.71. The van der Waals surface area contributed by atoms with Gasteiger partial charge in [-0.15, -0.1) is 0 Å². The molecule has 1 saturated carbocycles. The van der Waals surface area contributed by atoms with Crippen molar-refractivity contribution in [3.8, 4) is 0 Å². The van der Waals surface area contributed by atoms with Crippen LogP contribution in [-0.4, -0.2) is 33.8 Å². The van der Waals surface area contributed by atoms with Gasteiger partial charge in [0.05, 0.1) is 6.26 Å². The van der Waals surface area contributed by atoms with Crippen LogP contribution in [0.5, 0.6) is 0 Å². The Morgan fingerprint density at radius 2 is 2.19 bits per heavy atom. The molecule has 92 valence electrons. The van der Waals surface area contributed by atoms with Crippen LogP contribution in [0.2, 0.25) is 0 Å². The summed E-state index contributed by atoms with van der Waals surface area (Å²) in [7, 11) is -3.02. The summed E-state index contributed by atoms with van der Waals surface area (Å²) in [5.74, 6) is 1.62. The molecule has 3 atom stereocenters. The maximum atomic E-state index is 10.8. The van der Waals surface area contributed by atoms with Crippen molar-refractivity contribution in [3.63, 3.8) is 0 Å². The van der Waals surface area contributed by atoms with Gasteiger partial charge in [-0.3, -0.25) is 0 Å². The smallest absolute Gasteiger partial charge is 0.208 e. The van der Waals surface area contributed by atoms with Crippen LogP contribution in [0.3, 0.4) is 0 Å². The molecule has 0 amide bonds. The predicted octanol–water partition coefficient (Wildman–Crippen LogP) is 0.480. The van der Waals surface area contributed by atoms with Crippen molar-refractivity contribution in [3.05, 3.63) is 12.2 Å². The van der Waals surface area contributed by atoms with Gasteiger partial charge in [-0.1, -0.05) is 12.2 Å². The van der Waals surface area contributed by atoms with Gasteiger partial charge in [-0.05, 0) is 37.6 Å². The van der Waals surface area contributed by atoms with Crippen LogP contribution in [-0.2, 0) is 10.0 Å². The molecule has 2 rings (SSSR count). The van der Waals surface area contributed by atoms with Crippen molar-refractivity contribution in [2.24, 2.45) is 11.8 Å². The lowest BCUT2D eigenvalue weighted by molar-refractivity contribution is 0.164. The molecule has 3 unspecified atom stereocenters. The molecule has 1 fully saturated rings. The lowest BCUT2D eigenvalue weighted by Gasteiger charge is -2.40. The molecule has 0 saturated heterocycles. The van der Waals surface area contributed by atoms with Gasteiger partial charge >= 0.3 is 0 Å². The van der Waals surface area contributed by atoms with Gasteiger partial charge in [0, 0.05) is 12.6 Å². The van der Waals surface area contributed by atoms with Gasteiger partial charge in [-0.25, -0.2) is 13.1 Å². The number of hydrogen-bond acceptors (Lipinski definition) is 3. The largest absolute Gasteiger partial charge is 0.313 e. The van der Waals surface area contributed by atoms with E-state index in [9.17, 15) is 8.42 Å². The molecule has 2 aliphatic rings. The fourth-order valence-electron chi connectivity index (χ4n) is 2.58. The van der Waals surface area contributed by atoms with Crippen molar-refractivity contribution >= 4 is 10.0 Å². The first-order valence-corrected chi connectivity index (χ1v) is 7.80. The molecule has 0 radical (unpaired) electrons. The van der Waals surface area contributed by atoms with Gasteiger partial charge in [0.1, 0.15) is 0 Å². The summed E-state index contributed by atoms with van der Waals surface area (Å²) in [4.78, 5) is 0. The maximum Gasteiger partial charge on any atom is 0.208 e. The van der Waals surface area contributed by atoms with Crippen LogP contribution in [0.25, 0.3) is 0 Å². The zero-order valence-electron chi connectivity index (χ0n) is 9.65. The van der Waals surface area contributed by atoms with Crippen molar-refractivity contribution in [2.75, 3.05) is 19.3 Å². The van der Waals surface area contributed by atoms with E-state index in [-0.39, 0.29) is 0 Å². The zero-order chi connectivity index (χ0) is 11.6. The number of hydrogen-bond donors (Lipinski definition) is 2. The van der Waals surface area contributed by atoms with Crippen molar-refractivity contribution in [1.82, 2.24) is 10.0 Å². The van der Waals surface area contributed by atoms with E-state index in [2.05, 4.69) is 22.2 Å². The zero-order valence-corrected chi connectivity index (χ0v) is 10.5. The highest BCUT2D eigenvalue weighted by Gasteiger charge is 2.40. The Morgan fingerprint density at radius 3 is 2.88 bits per heavy atom. The Labute approximate surface area is 97.5 Å². The van der Waals surface area contributed by atoms with Gasteiger partial charge < -0.3 is 5.32 Å². The van der Waals surface area contributed by atoms with Gasteiger partial charge in [-0.2, -0.15) is 0 Å². The van der Waals surface area contributed by atoms with Gasteiger partial charge in [0.15, 0.2) is 0 Å². The average molecular weight is 244 g/mol. The Morgan fingerprint density at radius 1 is 1.38 bits per heavy atom. The van der Waals surface area contributed by atoms with E-state index in [1.165, 1.54) is 19.1 Å². The predicted molar refractivity (Wildman–Crippen MR) is 64.6 cm³/mol. The molecule has 0 aromatic carbocycles. The Hall–Kier alpha value is -0.390. The summed E-state index contributed by atoms with van der Waals surface area (Å²) >= 11 is 0. The molecule has 0 aromatic heterocycles. The van der Waals surface area contributed by atoms with E-state index >= 15 is 0 Å². The summed E-state index contributed by atoms with van der Waals surface area (Å²) in [5, 5.41) is 3.49. The van der Waals surface area contributed by atoms with Crippen LogP contribution < -0.4 is 10.0 Å². The fraction of sp³-hybridized carbons (Fsp3) is 0.818. The third kappa shape index (κ3) is 3.06. The summed E-state index contributed by atoms with van der Waals surface area (Å²) in [6.45, 7) is 1.42. The van der Waals surface area contributed by atoms with Crippen molar-refractivity contribution in [1.29, 1.82) is 0 Å². The van der Waals surface area contributed by atoms with E-state index < -0.39 is 10.0 Å². The second-order valence-electron chi connectivity index (χ2n) is 4.82. The van der Waals surface area contributed by atoms with Crippen LogP contribution in [0.1, 0.15) is 19.3 Å². The fourth-order valence-corrected chi connectivity index (χ4v) is 3.10. The number of sulfonamides is 1.